The molecule has 4 bridgehead atoms. The quantitative estimate of drug-likeness (QED) is 0.788. The molecule has 4 aliphatic carbocycles. The van der Waals surface area contributed by atoms with E-state index in [2.05, 4.69) is 10.6 Å². The van der Waals surface area contributed by atoms with Gasteiger partial charge in [0, 0.05) is 12.1 Å². The summed E-state index contributed by atoms with van der Waals surface area (Å²) in [6.45, 7) is 1.67. The zero-order valence-electron chi connectivity index (χ0n) is 15.5. The molecule has 6 heteroatoms. The van der Waals surface area contributed by atoms with Crippen molar-refractivity contribution in [2.75, 3.05) is 13.1 Å². The van der Waals surface area contributed by atoms with Crippen LogP contribution in [0.3, 0.4) is 0 Å². The third-order valence-electron chi connectivity index (χ3n) is 7.62. The molecule has 146 valence electrons. The first kappa shape index (κ1) is 18.5. The van der Waals surface area contributed by atoms with Crippen molar-refractivity contribution in [2.45, 2.75) is 81.8 Å². The van der Waals surface area contributed by atoms with E-state index in [1.54, 1.807) is 0 Å². The van der Waals surface area contributed by atoms with Crippen molar-refractivity contribution < 1.29 is 9.59 Å². The van der Waals surface area contributed by atoms with Crippen LogP contribution in [0.1, 0.15) is 64.2 Å². The molecule has 0 unspecified atom stereocenters. The van der Waals surface area contributed by atoms with Gasteiger partial charge in [-0.2, -0.15) is 0 Å². The lowest BCUT2D eigenvalue weighted by atomic mass is 9.53. The lowest BCUT2D eigenvalue weighted by Crippen LogP contribution is -2.62. The predicted molar refractivity (Wildman–Crippen MR) is 102 cm³/mol. The Morgan fingerprint density at radius 2 is 1.62 bits per heavy atom. The number of amides is 2. The number of hydrogen-bond acceptors (Lipinski definition) is 3. The molecule has 0 radical (unpaired) electrons. The summed E-state index contributed by atoms with van der Waals surface area (Å²) in [5.74, 6) is 2.77. The largest absolute Gasteiger partial charge is 0.349 e. The van der Waals surface area contributed by atoms with Crippen molar-refractivity contribution in [3.05, 3.63) is 0 Å². The predicted octanol–water partition coefficient (Wildman–Crippen LogP) is 2.24. The highest BCUT2D eigenvalue weighted by atomic mass is 35.5. The minimum absolute atomic E-state index is 0. The van der Waals surface area contributed by atoms with Crippen LogP contribution < -0.4 is 10.6 Å². The molecular weight excluding hydrogens is 350 g/mol. The van der Waals surface area contributed by atoms with E-state index in [0.717, 1.165) is 56.5 Å². The maximum atomic E-state index is 13.1. The molecule has 0 aromatic carbocycles. The van der Waals surface area contributed by atoms with E-state index >= 15 is 0 Å². The highest BCUT2D eigenvalue weighted by molar-refractivity contribution is 5.90. The number of carbonyl (C=O) groups excluding carboxylic acids is 2. The van der Waals surface area contributed by atoms with E-state index in [4.69, 9.17) is 0 Å². The minimum atomic E-state index is -0.233. The summed E-state index contributed by atoms with van der Waals surface area (Å²) >= 11 is 0. The lowest BCUT2D eigenvalue weighted by Gasteiger charge is -2.57. The number of hydrogen-bond donors (Lipinski definition) is 2. The van der Waals surface area contributed by atoms with Crippen LogP contribution in [0.25, 0.3) is 0 Å². The molecule has 5 nitrogen and oxygen atoms in total. The van der Waals surface area contributed by atoms with Crippen LogP contribution in [0.15, 0.2) is 0 Å². The fourth-order valence-corrected chi connectivity index (χ4v) is 7.01. The third-order valence-corrected chi connectivity index (χ3v) is 7.62. The highest BCUT2D eigenvalue weighted by Crippen LogP contribution is 2.55. The van der Waals surface area contributed by atoms with Gasteiger partial charge in [0.25, 0.3) is 0 Å². The first-order chi connectivity index (χ1) is 12.1. The average molecular weight is 382 g/mol. The van der Waals surface area contributed by atoms with Crippen LogP contribution in [-0.2, 0) is 9.59 Å². The molecule has 2 N–H and O–H groups in total. The number of nitrogens with zero attached hydrogens (tertiary/aromatic N) is 1. The van der Waals surface area contributed by atoms with Gasteiger partial charge in [0.2, 0.25) is 11.8 Å². The molecule has 6 aliphatic rings. The normalized spacial score (nSPS) is 43.4. The molecule has 6 rings (SSSR count). The van der Waals surface area contributed by atoms with Gasteiger partial charge >= 0.3 is 0 Å². The van der Waals surface area contributed by atoms with Gasteiger partial charge < -0.3 is 15.5 Å². The average Bonchev–Trinajstić information content (AvgIpc) is 3.24. The molecule has 2 amide bonds. The van der Waals surface area contributed by atoms with Crippen molar-refractivity contribution in [1.82, 2.24) is 15.5 Å². The Morgan fingerprint density at radius 1 is 0.962 bits per heavy atom. The number of halogens is 1. The van der Waals surface area contributed by atoms with Crippen molar-refractivity contribution in [3.8, 4) is 0 Å². The maximum Gasteiger partial charge on any atom is 0.243 e. The van der Waals surface area contributed by atoms with Crippen LogP contribution in [-0.4, -0.2) is 47.4 Å². The molecule has 0 aromatic heterocycles. The molecule has 2 atom stereocenters. The number of likely N-dealkylation sites (tertiary alicyclic amines) is 1. The second-order valence-corrected chi connectivity index (χ2v) is 9.53. The first-order valence-corrected chi connectivity index (χ1v) is 10.5. The third kappa shape index (κ3) is 3.15. The Balaban J connectivity index is 0.00000168. The van der Waals surface area contributed by atoms with E-state index in [-0.39, 0.29) is 41.8 Å². The van der Waals surface area contributed by atoms with E-state index in [1.165, 1.54) is 38.5 Å². The molecule has 0 aromatic rings. The standard InChI is InChI=1S/C20H31N3O2.ClH/c24-18(17-4-2-6-23(17)19(25)16-3-1-5-21-16)22-20-10-13-7-14(11-20)9-15(8-13)12-20;/h13-17,21H,1-12H2,(H,22,24);1H/t13?,14?,15?,16-,17-,20?;/m0./s1. The van der Waals surface area contributed by atoms with Crippen LogP contribution in [0.4, 0.5) is 0 Å². The van der Waals surface area contributed by atoms with Crippen LogP contribution in [0.5, 0.6) is 0 Å². The molecule has 2 aliphatic heterocycles. The molecule has 0 spiro atoms. The van der Waals surface area contributed by atoms with Gasteiger partial charge in [-0.25, -0.2) is 0 Å². The molecule has 2 saturated heterocycles. The van der Waals surface area contributed by atoms with Crippen LogP contribution >= 0.6 is 12.4 Å². The topological polar surface area (TPSA) is 61.4 Å². The second kappa shape index (κ2) is 6.97. The molecule has 2 heterocycles. The van der Waals surface area contributed by atoms with Gasteiger partial charge in [0.15, 0.2) is 0 Å². The first-order valence-electron chi connectivity index (χ1n) is 10.5. The summed E-state index contributed by atoms with van der Waals surface area (Å²) in [5.41, 5.74) is 0.0503. The summed E-state index contributed by atoms with van der Waals surface area (Å²) in [6, 6.07) is -0.296. The SMILES string of the molecule is Cl.O=C(NC12CC3CC(CC(C3)C1)C2)[C@@H]1CCCN1C(=O)[C@@H]1CCCN1. The maximum absolute atomic E-state index is 13.1. The van der Waals surface area contributed by atoms with Crippen LogP contribution in [0.2, 0.25) is 0 Å². The molecule has 6 fully saturated rings. The van der Waals surface area contributed by atoms with Crippen molar-refractivity contribution in [2.24, 2.45) is 17.8 Å². The lowest BCUT2D eigenvalue weighted by molar-refractivity contribution is -0.142. The number of rotatable bonds is 3. The summed E-state index contributed by atoms with van der Waals surface area (Å²) in [6.07, 6.45) is 11.4. The zero-order valence-corrected chi connectivity index (χ0v) is 16.4. The Bertz CT molecular complexity index is 540. The van der Waals surface area contributed by atoms with Crippen molar-refractivity contribution in [3.63, 3.8) is 0 Å². The van der Waals surface area contributed by atoms with Gasteiger partial charge in [-0.1, -0.05) is 0 Å². The van der Waals surface area contributed by atoms with Gasteiger partial charge in [-0.05, 0) is 88.5 Å². The highest BCUT2D eigenvalue weighted by Gasteiger charge is 2.52. The fraction of sp³-hybridized carbons (Fsp3) is 0.900. The zero-order chi connectivity index (χ0) is 17.0. The van der Waals surface area contributed by atoms with E-state index in [9.17, 15) is 9.59 Å². The van der Waals surface area contributed by atoms with Gasteiger partial charge in [0.1, 0.15) is 6.04 Å². The Hall–Kier alpha value is -0.810. The fourth-order valence-electron chi connectivity index (χ4n) is 7.01. The van der Waals surface area contributed by atoms with Crippen molar-refractivity contribution >= 4 is 24.2 Å². The smallest absolute Gasteiger partial charge is 0.243 e. The monoisotopic (exact) mass is 381 g/mol. The van der Waals surface area contributed by atoms with E-state index < -0.39 is 0 Å². The summed E-state index contributed by atoms with van der Waals surface area (Å²) in [5, 5.41) is 6.79. The summed E-state index contributed by atoms with van der Waals surface area (Å²) in [7, 11) is 0. The van der Waals surface area contributed by atoms with Gasteiger partial charge in [-0.3, -0.25) is 9.59 Å². The Kier molecular flexibility index (Phi) is 4.98. The number of carbonyl (C=O) groups is 2. The minimum Gasteiger partial charge on any atom is -0.349 e. The van der Waals surface area contributed by atoms with E-state index in [1.807, 2.05) is 4.90 Å². The molecule has 26 heavy (non-hydrogen) atoms. The Morgan fingerprint density at radius 3 is 2.19 bits per heavy atom. The second-order valence-electron chi connectivity index (χ2n) is 9.53. The van der Waals surface area contributed by atoms with Gasteiger partial charge in [-0.15, -0.1) is 12.4 Å². The number of nitrogens with one attached hydrogen (secondary N) is 2. The van der Waals surface area contributed by atoms with Crippen LogP contribution in [0, 0.1) is 17.8 Å². The molecule has 4 saturated carbocycles. The Labute approximate surface area is 162 Å². The molecular formula is C20H32ClN3O2. The summed E-state index contributed by atoms with van der Waals surface area (Å²) < 4.78 is 0. The van der Waals surface area contributed by atoms with Gasteiger partial charge in [0.05, 0.1) is 6.04 Å². The van der Waals surface area contributed by atoms with Crippen molar-refractivity contribution in [1.29, 1.82) is 0 Å². The van der Waals surface area contributed by atoms with E-state index in [0.29, 0.717) is 0 Å². The summed E-state index contributed by atoms with van der Waals surface area (Å²) in [4.78, 5) is 27.8.